The average molecular weight is 316 g/mol. The van der Waals surface area contributed by atoms with Gasteiger partial charge in [-0.1, -0.05) is 0 Å². The first-order chi connectivity index (χ1) is 8.56. The van der Waals surface area contributed by atoms with E-state index in [4.69, 9.17) is 15.2 Å². The first-order valence-corrected chi connectivity index (χ1v) is 6.89. The summed E-state index contributed by atoms with van der Waals surface area (Å²) in [7, 11) is 0. The van der Waals surface area contributed by atoms with Crippen LogP contribution in [0.2, 0.25) is 0 Å². The SMILES string of the molecule is CC(N)C1(c2cc3c(c(Br)c2F)OCCO3)CC1. The van der Waals surface area contributed by atoms with Gasteiger partial charge < -0.3 is 15.2 Å². The van der Waals surface area contributed by atoms with Gasteiger partial charge in [0.2, 0.25) is 0 Å². The first kappa shape index (κ1) is 12.2. The standard InChI is InChI=1S/C13H15BrFNO2/c1-7(16)13(2-3-13)8-6-9-12(10(14)11(8)15)18-5-4-17-9/h6-7H,2-5,16H2,1H3. The smallest absolute Gasteiger partial charge is 0.178 e. The Morgan fingerprint density at radius 1 is 1.39 bits per heavy atom. The third kappa shape index (κ3) is 1.64. The summed E-state index contributed by atoms with van der Waals surface area (Å²) in [5, 5.41) is 0. The molecule has 0 bridgehead atoms. The predicted molar refractivity (Wildman–Crippen MR) is 69.7 cm³/mol. The quantitative estimate of drug-likeness (QED) is 0.912. The number of hydrogen-bond acceptors (Lipinski definition) is 3. The third-order valence-electron chi connectivity index (χ3n) is 3.91. The lowest BCUT2D eigenvalue weighted by atomic mass is 9.88. The number of hydrogen-bond donors (Lipinski definition) is 1. The Labute approximate surface area is 114 Å². The lowest BCUT2D eigenvalue weighted by Gasteiger charge is -2.26. The molecule has 1 aromatic carbocycles. The maximum atomic E-state index is 14.4. The summed E-state index contributed by atoms with van der Waals surface area (Å²) in [6, 6.07) is 1.69. The number of fused-ring (bicyclic) bond motifs is 1. The van der Waals surface area contributed by atoms with Crippen LogP contribution in [0.15, 0.2) is 10.5 Å². The fourth-order valence-corrected chi connectivity index (χ4v) is 3.11. The van der Waals surface area contributed by atoms with Crippen molar-refractivity contribution in [2.45, 2.75) is 31.2 Å². The molecule has 1 unspecified atom stereocenters. The van der Waals surface area contributed by atoms with Gasteiger partial charge in [0.15, 0.2) is 11.5 Å². The highest BCUT2D eigenvalue weighted by atomic mass is 79.9. The summed E-state index contributed by atoms with van der Waals surface area (Å²) in [6.45, 7) is 2.87. The molecule has 3 nitrogen and oxygen atoms in total. The van der Waals surface area contributed by atoms with E-state index in [1.54, 1.807) is 6.07 Å². The minimum Gasteiger partial charge on any atom is -0.486 e. The van der Waals surface area contributed by atoms with Crippen LogP contribution in [0.4, 0.5) is 4.39 Å². The molecule has 2 N–H and O–H groups in total. The molecule has 0 amide bonds. The second-order valence-electron chi connectivity index (χ2n) is 5.02. The second-order valence-corrected chi connectivity index (χ2v) is 5.81. The highest BCUT2D eigenvalue weighted by molar-refractivity contribution is 9.10. The molecule has 0 spiro atoms. The maximum Gasteiger partial charge on any atom is 0.178 e. The summed E-state index contributed by atoms with van der Waals surface area (Å²) >= 11 is 3.27. The van der Waals surface area contributed by atoms with Crippen LogP contribution in [0, 0.1) is 5.82 Å². The molecule has 0 radical (unpaired) electrons. The van der Waals surface area contributed by atoms with E-state index < -0.39 is 0 Å². The Morgan fingerprint density at radius 2 is 2.06 bits per heavy atom. The van der Waals surface area contributed by atoms with Crippen molar-refractivity contribution in [3.05, 3.63) is 21.9 Å². The molecule has 1 aromatic rings. The Hall–Kier alpha value is -0.810. The number of halogens is 2. The number of nitrogens with two attached hydrogens (primary N) is 1. The summed E-state index contributed by atoms with van der Waals surface area (Å²) in [5.74, 6) is 0.800. The molecule has 2 aliphatic rings. The lowest BCUT2D eigenvalue weighted by molar-refractivity contribution is 0.169. The molecule has 3 rings (SSSR count). The van der Waals surface area contributed by atoms with Crippen LogP contribution < -0.4 is 15.2 Å². The third-order valence-corrected chi connectivity index (χ3v) is 4.62. The van der Waals surface area contributed by atoms with Crippen molar-refractivity contribution >= 4 is 15.9 Å². The molecule has 1 saturated carbocycles. The van der Waals surface area contributed by atoms with Crippen LogP contribution in [-0.2, 0) is 5.41 Å². The molecule has 1 fully saturated rings. The number of benzene rings is 1. The monoisotopic (exact) mass is 315 g/mol. The fourth-order valence-electron chi connectivity index (χ4n) is 2.59. The van der Waals surface area contributed by atoms with Crippen LogP contribution in [0.25, 0.3) is 0 Å². The van der Waals surface area contributed by atoms with Crippen molar-refractivity contribution in [1.29, 1.82) is 0 Å². The summed E-state index contributed by atoms with van der Waals surface area (Å²) < 4.78 is 25.8. The van der Waals surface area contributed by atoms with Crippen molar-refractivity contribution < 1.29 is 13.9 Å². The van der Waals surface area contributed by atoms with E-state index in [0.717, 1.165) is 12.8 Å². The minimum absolute atomic E-state index is 0.0681. The number of rotatable bonds is 2. The second kappa shape index (κ2) is 4.10. The molecule has 0 aromatic heterocycles. The van der Waals surface area contributed by atoms with E-state index in [-0.39, 0.29) is 17.3 Å². The van der Waals surface area contributed by atoms with Crippen molar-refractivity contribution in [2.75, 3.05) is 13.2 Å². The molecule has 1 heterocycles. The van der Waals surface area contributed by atoms with Crippen LogP contribution in [-0.4, -0.2) is 19.3 Å². The largest absolute Gasteiger partial charge is 0.486 e. The zero-order valence-corrected chi connectivity index (χ0v) is 11.7. The van der Waals surface area contributed by atoms with Crippen LogP contribution >= 0.6 is 15.9 Å². The van der Waals surface area contributed by atoms with Gasteiger partial charge in [-0.15, -0.1) is 0 Å². The van der Waals surface area contributed by atoms with Crippen molar-refractivity contribution in [2.24, 2.45) is 5.73 Å². The maximum absolute atomic E-state index is 14.4. The van der Waals surface area contributed by atoms with E-state index in [0.29, 0.717) is 34.7 Å². The molecule has 5 heteroatoms. The molecule has 0 saturated heterocycles. The van der Waals surface area contributed by atoms with Gasteiger partial charge in [0, 0.05) is 17.0 Å². The van der Waals surface area contributed by atoms with Crippen LogP contribution in [0.1, 0.15) is 25.3 Å². The molecular formula is C13H15BrFNO2. The van der Waals surface area contributed by atoms with Gasteiger partial charge in [0.1, 0.15) is 19.0 Å². The Bertz CT molecular complexity index is 500. The molecule has 1 aliphatic heterocycles. The zero-order valence-electron chi connectivity index (χ0n) is 10.1. The zero-order chi connectivity index (χ0) is 12.9. The highest BCUT2D eigenvalue weighted by Crippen LogP contribution is 2.54. The minimum atomic E-state index is -0.269. The van der Waals surface area contributed by atoms with Gasteiger partial charge in [-0.2, -0.15) is 0 Å². The van der Waals surface area contributed by atoms with Gasteiger partial charge in [0.05, 0.1) is 4.47 Å². The van der Waals surface area contributed by atoms with E-state index in [1.165, 1.54) is 0 Å². The molecule has 18 heavy (non-hydrogen) atoms. The Kier molecular flexibility index (Phi) is 2.79. The average Bonchev–Trinajstić information content (AvgIpc) is 3.15. The lowest BCUT2D eigenvalue weighted by Crippen LogP contribution is -2.32. The van der Waals surface area contributed by atoms with Crippen molar-refractivity contribution in [1.82, 2.24) is 0 Å². The predicted octanol–water partition coefficient (Wildman–Crippen LogP) is 2.74. The van der Waals surface area contributed by atoms with E-state index >= 15 is 0 Å². The van der Waals surface area contributed by atoms with Crippen molar-refractivity contribution in [3.8, 4) is 11.5 Å². The van der Waals surface area contributed by atoms with Crippen LogP contribution in [0.5, 0.6) is 11.5 Å². The summed E-state index contributed by atoms with van der Waals surface area (Å²) in [5.41, 5.74) is 6.42. The summed E-state index contributed by atoms with van der Waals surface area (Å²) in [6.07, 6.45) is 1.85. The van der Waals surface area contributed by atoms with Crippen LogP contribution in [0.3, 0.4) is 0 Å². The number of ether oxygens (including phenoxy) is 2. The molecule has 98 valence electrons. The Balaban J connectivity index is 2.14. The van der Waals surface area contributed by atoms with Gasteiger partial charge >= 0.3 is 0 Å². The normalized spacial score (nSPS) is 21.6. The highest BCUT2D eigenvalue weighted by Gasteiger charge is 2.50. The van der Waals surface area contributed by atoms with Gasteiger partial charge in [-0.25, -0.2) is 4.39 Å². The molecule has 1 atom stereocenters. The molecular weight excluding hydrogens is 301 g/mol. The first-order valence-electron chi connectivity index (χ1n) is 6.10. The van der Waals surface area contributed by atoms with Crippen molar-refractivity contribution in [3.63, 3.8) is 0 Å². The van der Waals surface area contributed by atoms with Gasteiger partial charge in [0.25, 0.3) is 0 Å². The van der Waals surface area contributed by atoms with E-state index in [2.05, 4.69) is 15.9 Å². The van der Waals surface area contributed by atoms with E-state index in [1.807, 2.05) is 6.92 Å². The topological polar surface area (TPSA) is 44.5 Å². The molecule has 1 aliphatic carbocycles. The fraction of sp³-hybridized carbons (Fsp3) is 0.538. The van der Waals surface area contributed by atoms with Gasteiger partial charge in [-0.05, 0) is 41.8 Å². The summed E-state index contributed by atoms with van der Waals surface area (Å²) in [4.78, 5) is 0. The van der Waals surface area contributed by atoms with E-state index in [9.17, 15) is 4.39 Å². The van der Waals surface area contributed by atoms with Gasteiger partial charge in [-0.3, -0.25) is 0 Å². The Morgan fingerprint density at radius 3 is 2.67 bits per heavy atom.